The van der Waals surface area contributed by atoms with E-state index < -0.39 is 17.5 Å². The Morgan fingerprint density at radius 3 is 2.50 bits per heavy atom. The van der Waals surface area contributed by atoms with Crippen molar-refractivity contribution in [1.82, 2.24) is 5.32 Å². The van der Waals surface area contributed by atoms with Crippen molar-refractivity contribution in [3.05, 3.63) is 35.1 Å². The molecule has 2 nitrogen and oxygen atoms in total. The molecular formula is C9H11F3N2. The number of halogens is 3. The van der Waals surface area contributed by atoms with Crippen molar-refractivity contribution in [2.24, 2.45) is 5.73 Å². The van der Waals surface area contributed by atoms with Gasteiger partial charge in [0.05, 0.1) is 0 Å². The van der Waals surface area contributed by atoms with E-state index in [1.807, 2.05) is 0 Å². The standard InChI is InChI=1S/C9H11F3N2/c10-7-2-1-6(5-14-4-3-13)8(11)9(7)12/h1-2,14H,3-5,13H2. The van der Waals surface area contributed by atoms with Gasteiger partial charge in [0.15, 0.2) is 17.5 Å². The Morgan fingerprint density at radius 1 is 1.14 bits per heavy atom. The fourth-order valence-electron chi connectivity index (χ4n) is 1.03. The summed E-state index contributed by atoms with van der Waals surface area (Å²) in [6, 6.07) is 2.11. The maximum atomic E-state index is 13.0. The predicted molar refractivity (Wildman–Crippen MR) is 47.1 cm³/mol. The fraction of sp³-hybridized carbons (Fsp3) is 0.333. The summed E-state index contributed by atoms with van der Waals surface area (Å²) in [4.78, 5) is 0. The summed E-state index contributed by atoms with van der Waals surface area (Å²) in [6.07, 6.45) is 0. The van der Waals surface area contributed by atoms with Gasteiger partial charge in [-0.05, 0) is 6.07 Å². The molecule has 0 atom stereocenters. The molecule has 1 aromatic carbocycles. The van der Waals surface area contributed by atoms with Crippen molar-refractivity contribution in [2.75, 3.05) is 13.1 Å². The average molecular weight is 204 g/mol. The molecule has 5 heteroatoms. The third-order valence-corrected chi connectivity index (χ3v) is 1.75. The molecule has 1 aromatic rings. The van der Waals surface area contributed by atoms with Crippen molar-refractivity contribution in [2.45, 2.75) is 6.54 Å². The van der Waals surface area contributed by atoms with Gasteiger partial charge in [-0.25, -0.2) is 13.2 Å². The van der Waals surface area contributed by atoms with E-state index in [9.17, 15) is 13.2 Å². The lowest BCUT2D eigenvalue weighted by Gasteiger charge is -2.05. The van der Waals surface area contributed by atoms with Crippen LogP contribution in [0.5, 0.6) is 0 Å². The zero-order chi connectivity index (χ0) is 10.6. The molecule has 0 aromatic heterocycles. The van der Waals surface area contributed by atoms with Crippen molar-refractivity contribution in [1.29, 1.82) is 0 Å². The highest BCUT2D eigenvalue weighted by Gasteiger charge is 2.12. The maximum absolute atomic E-state index is 13.0. The Hall–Kier alpha value is -1.07. The minimum atomic E-state index is -1.43. The van der Waals surface area contributed by atoms with Crippen LogP contribution in [0.3, 0.4) is 0 Å². The van der Waals surface area contributed by atoms with Crippen LogP contribution in [0, 0.1) is 17.5 Å². The van der Waals surface area contributed by atoms with Crippen LogP contribution in [0.4, 0.5) is 13.2 Å². The first kappa shape index (κ1) is 11.0. The number of benzene rings is 1. The highest BCUT2D eigenvalue weighted by molar-refractivity contribution is 5.20. The Morgan fingerprint density at radius 2 is 1.86 bits per heavy atom. The van der Waals surface area contributed by atoms with Crippen LogP contribution in [-0.2, 0) is 6.54 Å². The minimum Gasteiger partial charge on any atom is -0.329 e. The molecule has 0 unspecified atom stereocenters. The Balaban J connectivity index is 2.73. The van der Waals surface area contributed by atoms with Crippen LogP contribution >= 0.6 is 0 Å². The zero-order valence-electron chi connectivity index (χ0n) is 7.49. The molecule has 0 saturated heterocycles. The molecule has 0 spiro atoms. The first-order valence-corrected chi connectivity index (χ1v) is 4.20. The van der Waals surface area contributed by atoms with Crippen LogP contribution in [-0.4, -0.2) is 13.1 Å². The largest absolute Gasteiger partial charge is 0.329 e. The zero-order valence-corrected chi connectivity index (χ0v) is 7.49. The van der Waals surface area contributed by atoms with E-state index in [-0.39, 0.29) is 12.1 Å². The molecule has 1 rings (SSSR count). The number of rotatable bonds is 4. The van der Waals surface area contributed by atoms with Crippen LogP contribution in [0.25, 0.3) is 0 Å². The first-order valence-electron chi connectivity index (χ1n) is 4.20. The molecule has 3 N–H and O–H groups in total. The Labute approximate surface area is 79.9 Å². The molecule has 0 aliphatic carbocycles. The van der Waals surface area contributed by atoms with Gasteiger partial charge in [-0.2, -0.15) is 0 Å². The summed E-state index contributed by atoms with van der Waals surface area (Å²) in [5.41, 5.74) is 5.29. The normalized spacial score (nSPS) is 10.6. The molecule has 0 amide bonds. The SMILES string of the molecule is NCCNCc1ccc(F)c(F)c1F. The average Bonchev–Trinajstić information content (AvgIpc) is 2.18. The molecule has 0 bridgehead atoms. The first-order chi connectivity index (χ1) is 6.66. The molecule has 0 fully saturated rings. The molecule has 78 valence electrons. The van der Waals surface area contributed by atoms with E-state index in [1.54, 1.807) is 0 Å². The van der Waals surface area contributed by atoms with Crippen LogP contribution in [0.15, 0.2) is 12.1 Å². The van der Waals surface area contributed by atoms with E-state index >= 15 is 0 Å². The van der Waals surface area contributed by atoms with Crippen molar-refractivity contribution in [3.63, 3.8) is 0 Å². The van der Waals surface area contributed by atoms with Gasteiger partial charge >= 0.3 is 0 Å². The highest BCUT2D eigenvalue weighted by Crippen LogP contribution is 2.14. The van der Waals surface area contributed by atoms with Gasteiger partial charge in [0.2, 0.25) is 0 Å². The molecule has 0 saturated carbocycles. The summed E-state index contributed by atoms with van der Waals surface area (Å²) in [7, 11) is 0. The number of nitrogens with one attached hydrogen (secondary N) is 1. The summed E-state index contributed by atoms with van der Waals surface area (Å²) in [5.74, 6) is -3.75. The second kappa shape index (κ2) is 4.97. The number of hydrogen-bond donors (Lipinski definition) is 2. The van der Waals surface area contributed by atoms with Gasteiger partial charge < -0.3 is 11.1 Å². The third-order valence-electron chi connectivity index (χ3n) is 1.75. The van der Waals surface area contributed by atoms with E-state index in [2.05, 4.69) is 5.32 Å². The van der Waals surface area contributed by atoms with E-state index in [4.69, 9.17) is 5.73 Å². The van der Waals surface area contributed by atoms with Gasteiger partial charge in [0.1, 0.15) is 0 Å². The second-order valence-electron chi connectivity index (χ2n) is 2.80. The van der Waals surface area contributed by atoms with Gasteiger partial charge in [-0.1, -0.05) is 6.07 Å². The number of hydrogen-bond acceptors (Lipinski definition) is 2. The van der Waals surface area contributed by atoms with Crippen molar-refractivity contribution < 1.29 is 13.2 Å². The van der Waals surface area contributed by atoms with Crippen LogP contribution in [0.2, 0.25) is 0 Å². The Bertz CT molecular complexity index is 315. The fourth-order valence-corrected chi connectivity index (χ4v) is 1.03. The quantitative estimate of drug-likeness (QED) is 0.570. The molecule has 0 radical (unpaired) electrons. The van der Waals surface area contributed by atoms with Gasteiger partial charge in [0.25, 0.3) is 0 Å². The lowest BCUT2D eigenvalue weighted by Crippen LogP contribution is -2.22. The summed E-state index contributed by atoms with van der Waals surface area (Å²) in [5, 5.41) is 2.78. The van der Waals surface area contributed by atoms with E-state index in [1.165, 1.54) is 6.07 Å². The lowest BCUT2D eigenvalue weighted by atomic mass is 10.2. The highest BCUT2D eigenvalue weighted by atomic mass is 19.2. The van der Waals surface area contributed by atoms with Gasteiger partial charge in [-0.15, -0.1) is 0 Å². The molecule has 0 heterocycles. The smallest absolute Gasteiger partial charge is 0.194 e. The number of nitrogens with two attached hydrogens (primary N) is 1. The minimum absolute atomic E-state index is 0.0948. The second-order valence-corrected chi connectivity index (χ2v) is 2.80. The van der Waals surface area contributed by atoms with Gasteiger partial charge in [0, 0.05) is 25.2 Å². The van der Waals surface area contributed by atoms with Crippen LogP contribution in [0.1, 0.15) is 5.56 Å². The van der Waals surface area contributed by atoms with Gasteiger partial charge in [-0.3, -0.25) is 0 Å². The van der Waals surface area contributed by atoms with E-state index in [0.29, 0.717) is 13.1 Å². The topological polar surface area (TPSA) is 38.0 Å². The molecule has 14 heavy (non-hydrogen) atoms. The predicted octanol–water partition coefficient (Wildman–Crippen LogP) is 1.15. The molecular weight excluding hydrogens is 193 g/mol. The monoisotopic (exact) mass is 204 g/mol. The molecule has 0 aliphatic rings. The third kappa shape index (κ3) is 2.46. The summed E-state index contributed by atoms with van der Waals surface area (Å²) < 4.78 is 38.2. The van der Waals surface area contributed by atoms with E-state index in [0.717, 1.165) is 6.07 Å². The maximum Gasteiger partial charge on any atom is 0.194 e. The molecule has 0 aliphatic heterocycles. The summed E-state index contributed by atoms with van der Waals surface area (Å²) >= 11 is 0. The van der Waals surface area contributed by atoms with Crippen LogP contribution < -0.4 is 11.1 Å². The lowest BCUT2D eigenvalue weighted by molar-refractivity contribution is 0.438. The van der Waals surface area contributed by atoms with Crippen molar-refractivity contribution in [3.8, 4) is 0 Å². The summed E-state index contributed by atoms with van der Waals surface area (Å²) in [6.45, 7) is 1.05. The Kier molecular flexibility index (Phi) is 3.91. The van der Waals surface area contributed by atoms with Crippen molar-refractivity contribution >= 4 is 0 Å².